The number of fused-ring (bicyclic) bond motifs is 1. The van der Waals surface area contributed by atoms with Crippen molar-refractivity contribution in [2.45, 2.75) is 12.8 Å². The number of nitrogens with zero attached hydrogens (tertiary/aromatic N) is 2. The molecule has 3 rings (SSSR count). The molecule has 3 aromatic rings. The Morgan fingerprint density at radius 3 is 2.61 bits per heavy atom. The number of anilines is 1. The van der Waals surface area contributed by atoms with E-state index in [1.165, 1.54) is 18.5 Å². The monoisotopic (exact) mass is 339 g/mol. The lowest BCUT2D eigenvalue weighted by Gasteiger charge is -2.10. The molecule has 2 heterocycles. The molecule has 0 aliphatic carbocycles. The molecule has 0 aliphatic rings. The second-order valence-corrected chi connectivity index (χ2v) is 5.64. The Morgan fingerprint density at radius 2 is 1.87 bits per heavy atom. The van der Waals surface area contributed by atoms with Gasteiger partial charge in [0, 0.05) is 6.54 Å². The zero-order valence-corrected chi connectivity index (χ0v) is 12.6. The van der Waals surface area contributed by atoms with Gasteiger partial charge in [-0.3, -0.25) is 0 Å². The average molecular weight is 339 g/mol. The van der Waals surface area contributed by atoms with E-state index in [1.54, 1.807) is 23.5 Å². The number of benzene rings is 1. The molecule has 0 aliphatic heterocycles. The maximum Gasteiger partial charge on any atom is 0.573 e. The minimum absolute atomic E-state index is 0.217. The number of nitrogens with one attached hydrogen (secondary N) is 1. The van der Waals surface area contributed by atoms with Crippen LogP contribution in [0.1, 0.15) is 5.56 Å². The summed E-state index contributed by atoms with van der Waals surface area (Å²) < 4.78 is 41.1. The Balaban J connectivity index is 1.57. The first kappa shape index (κ1) is 15.5. The largest absolute Gasteiger partial charge is 0.573 e. The predicted molar refractivity (Wildman–Crippen MR) is 82.7 cm³/mol. The molecule has 1 aromatic carbocycles. The number of halogens is 3. The number of ether oxygens (including phenoxy) is 1. The summed E-state index contributed by atoms with van der Waals surface area (Å²) >= 11 is 1.56. The lowest BCUT2D eigenvalue weighted by molar-refractivity contribution is -0.274. The molecule has 1 N–H and O–H groups in total. The van der Waals surface area contributed by atoms with Crippen LogP contribution in [0.2, 0.25) is 0 Å². The quantitative estimate of drug-likeness (QED) is 0.755. The first-order valence-corrected chi connectivity index (χ1v) is 7.66. The summed E-state index contributed by atoms with van der Waals surface area (Å²) in [5.41, 5.74) is 1.80. The number of aromatic nitrogens is 2. The molecule has 23 heavy (non-hydrogen) atoms. The highest BCUT2D eigenvalue weighted by molar-refractivity contribution is 7.17. The number of thiophene rings is 1. The molecule has 0 unspecified atom stereocenters. The van der Waals surface area contributed by atoms with E-state index in [-0.39, 0.29) is 5.75 Å². The van der Waals surface area contributed by atoms with Crippen LogP contribution in [0.15, 0.2) is 42.0 Å². The summed E-state index contributed by atoms with van der Waals surface area (Å²) in [5.74, 6) is 0.548. The smallest absolute Gasteiger partial charge is 0.406 e. The molecule has 0 spiro atoms. The van der Waals surface area contributed by atoms with E-state index in [2.05, 4.69) is 20.0 Å². The van der Waals surface area contributed by atoms with E-state index >= 15 is 0 Å². The predicted octanol–water partition coefficient (Wildman–Crippen LogP) is 4.24. The lowest BCUT2D eigenvalue weighted by atomic mass is 10.1. The third-order valence-corrected chi connectivity index (χ3v) is 4.02. The Labute approximate surface area is 134 Å². The molecule has 0 radical (unpaired) electrons. The van der Waals surface area contributed by atoms with Gasteiger partial charge >= 0.3 is 6.36 Å². The third-order valence-electron chi connectivity index (χ3n) is 3.11. The van der Waals surface area contributed by atoms with Crippen LogP contribution in [0, 0.1) is 0 Å². The van der Waals surface area contributed by atoms with Gasteiger partial charge in [-0.2, -0.15) is 0 Å². The minimum Gasteiger partial charge on any atom is -0.406 e. The van der Waals surface area contributed by atoms with Crippen LogP contribution >= 0.6 is 11.3 Å². The van der Waals surface area contributed by atoms with Crippen molar-refractivity contribution in [3.63, 3.8) is 0 Å². The Morgan fingerprint density at radius 1 is 1.09 bits per heavy atom. The normalized spacial score (nSPS) is 11.6. The van der Waals surface area contributed by atoms with Gasteiger partial charge in [-0.05, 0) is 35.6 Å². The molecule has 0 bridgehead atoms. The van der Waals surface area contributed by atoms with Crippen LogP contribution in [0.5, 0.6) is 5.75 Å². The fraction of sp³-hybridized carbons (Fsp3) is 0.200. The molecule has 0 atom stereocenters. The highest BCUT2D eigenvalue weighted by Crippen LogP contribution is 2.25. The molecular weight excluding hydrogens is 327 g/mol. The van der Waals surface area contributed by atoms with Gasteiger partial charge in [0.15, 0.2) is 0 Å². The van der Waals surface area contributed by atoms with E-state index in [1.807, 2.05) is 11.4 Å². The van der Waals surface area contributed by atoms with Crippen LogP contribution in [0.3, 0.4) is 0 Å². The Bertz CT molecular complexity index is 787. The van der Waals surface area contributed by atoms with Gasteiger partial charge in [-0.1, -0.05) is 12.1 Å². The first-order valence-electron chi connectivity index (χ1n) is 6.78. The Hall–Kier alpha value is -2.35. The molecule has 2 aromatic heterocycles. The third kappa shape index (κ3) is 4.10. The van der Waals surface area contributed by atoms with Gasteiger partial charge in [0.1, 0.15) is 17.9 Å². The van der Waals surface area contributed by atoms with Gasteiger partial charge in [0.25, 0.3) is 0 Å². The second-order valence-electron chi connectivity index (χ2n) is 4.73. The molecule has 0 amide bonds. The average Bonchev–Trinajstić information content (AvgIpc) is 2.97. The van der Waals surface area contributed by atoms with Crippen molar-refractivity contribution in [3.8, 4) is 5.75 Å². The molecule has 8 heteroatoms. The standard InChI is InChI=1S/C15H12F3N3OS/c16-15(17,18)22-11-3-1-10(2-4-11)5-7-19-14-13-12(6-8-23-13)20-9-21-14/h1-4,6,8-9H,5,7H2,(H,19,20,21). The Kier molecular flexibility index (Phi) is 4.33. The summed E-state index contributed by atoms with van der Waals surface area (Å²) in [6.45, 7) is 0.615. The van der Waals surface area contributed by atoms with E-state index in [0.717, 1.165) is 21.6 Å². The molecular formula is C15H12F3N3OS. The zero-order valence-electron chi connectivity index (χ0n) is 11.8. The highest BCUT2D eigenvalue weighted by Gasteiger charge is 2.30. The number of hydrogen-bond donors (Lipinski definition) is 1. The van der Waals surface area contributed by atoms with Crippen LogP contribution in [-0.4, -0.2) is 22.9 Å². The molecule has 0 saturated carbocycles. The van der Waals surface area contributed by atoms with Crippen LogP contribution in [-0.2, 0) is 6.42 Å². The molecule has 4 nitrogen and oxygen atoms in total. The number of hydrogen-bond acceptors (Lipinski definition) is 5. The maximum absolute atomic E-state index is 12.1. The second kappa shape index (κ2) is 6.41. The summed E-state index contributed by atoms with van der Waals surface area (Å²) in [6.07, 6.45) is -2.51. The topological polar surface area (TPSA) is 47.0 Å². The maximum atomic E-state index is 12.1. The fourth-order valence-corrected chi connectivity index (χ4v) is 2.91. The summed E-state index contributed by atoms with van der Waals surface area (Å²) in [6, 6.07) is 7.77. The molecule has 0 saturated heterocycles. The summed E-state index contributed by atoms with van der Waals surface area (Å²) in [7, 11) is 0. The number of rotatable bonds is 5. The van der Waals surface area contributed by atoms with E-state index in [0.29, 0.717) is 13.0 Å². The minimum atomic E-state index is -4.66. The number of alkyl halides is 3. The van der Waals surface area contributed by atoms with Gasteiger partial charge in [-0.25, -0.2) is 9.97 Å². The highest BCUT2D eigenvalue weighted by atomic mass is 32.1. The van der Waals surface area contributed by atoms with Crippen LogP contribution in [0.4, 0.5) is 19.0 Å². The van der Waals surface area contributed by atoms with Crippen LogP contribution < -0.4 is 10.1 Å². The van der Waals surface area contributed by atoms with Crippen molar-refractivity contribution in [3.05, 3.63) is 47.6 Å². The summed E-state index contributed by atoms with van der Waals surface area (Å²) in [4.78, 5) is 8.37. The van der Waals surface area contributed by atoms with E-state index < -0.39 is 6.36 Å². The van der Waals surface area contributed by atoms with Gasteiger partial charge in [-0.15, -0.1) is 24.5 Å². The van der Waals surface area contributed by atoms with Crippen LogP contribution in [0.25, 0.3) is 10.2 Å². The molecule has 120 valence electrons. The van der Waals surface area contributed by atoms with Crippen molar-refractivity contribution in [1.82, 2.24) is 9.97 Å². The van der Waals surface area contributed by atoms with Crippen molar-refractivity contribution in [1.29, 1.82) is 0 Å². The van der Waals surface area contributed by atoms with Crippen molar-refractivity contribution in [2.24, 2.45) is 0 Å². The van der Waals surface area contributed by atoms with Gasteiger partial charge in [0.05, 0.1) is 10.2 Å². The summed E-state index contributed by atoms with van der Waals surface area (Å²) in [5, 5.41) is 5.17. The molecule has 0 fully saturated rings. The lowest BCUT2D eigenvalue weighted by Crippen LogP contribution is -2.17. The van der Waals surface area contributed by atoms with Gasteiger partial charge in [0.2, 0.25) is 0 Å². The van der Waals surface area contributed by atoms with E-state index in [4.69, 9.17) is 0 Å². The zero-order chi connectivity index (χ0) is 16.3. The fourth-order valence-electron chi connectivity index (χ4n) is 2.10. The first-order chi connectivity index (χ1) is 11.0. The van der Waals surface area contributed by atoms with E-state index in [9.17, 15) is 13.2 Å². The van der Waals surface area contributed by atoms with Crippen molar-refractivity contribution < 1.29 is 17.9 Å². The van der Waals surface area contributed by atoms with Crippen molar-refractivity contribution >= 4 is 27.4 Å². The van der Waals surface area contributed by atoms with Crippen molar-refractivity contribution in [2.75, 3.05) is 11.9 Å². The van der Waals surface area contributed by atoms with Gasteiger partial charge < -0.3 is 10.1 Å². The SMILES string of the molecule is FC(F)(F)Oc1ccc(CCNc2ncnc3ccsc23)cc1.